The van der Waals surface area contributed by atoms with Crippen LogP contribution in [0.5, 0.6) is 0 Å². The second-order valence-corrected chi connectivity index (χ2v) is 6.84. The molecule has 0 radical (unpaired) electrons. The van der Waals surface area contributed by atoms with Gasteiger partial charge < -0.3 is 9.47 Å². The van der Waals surface area contributed by atoms with Gasteiger partial charge in [-0.1, -0.05) is 0 Å². The highest BCUT2D eigenvalue weighted by Crippen LogP contribution is 2.11. The Hall–Kier alpha value is -2.06. The first-order chi connectivity index (χ1) is 12.0. The molecular formula is C17H22FN5OS. The molecule has 0 saturated carbocycles. The van der Waals surface area contributed by atoms with Crippen molar-refractivity contribution in [2.24, 2.45) is 0 Å². The van der Waals surface area contributed by atoms with E-state index in [0.717, 1.165) is 13.1 Å². The van der Waals surface area contributed by atoms with Gasteiger partial charge in [0.1, 0.15) is 12.1 Å². The highest BCUT2D eigenvalue weighted by molar-refractivity contribution is 7.71. The summed E-state index contributed by atoms with van der Waals surface area (Å²) in [6, 6.07) is 5.97. The number of rotatable bonds is 4. The molecule has 25 heavy (non-hydrogen) atoms. The van der Waals surface area contributed by atoms with Crippen molar-refractivity contribution in [2.45, 2.75) is 26.6 Å². The molecule has 1 saturated heterocycles. The van der Waals surface area contributed by atoms with Gasteiger partial charge in [-0.3, -0.25) is 9.69 Å². The minimum atomic E-state index is -0.334. The third-order valence-electron chi connectivity index (χ3n) is 4.40. The van der Waals surface area contributed by atoms with E-state index in [2.05, 4.69) is 23.8 Å². The summed E-state index contributed by atoms with van der Waals surface area (Å²) in [6.45, 7) is 7.54. The third-order valence-corrected chi connectivity index (χ3v) is 4.82. The first kappa shape index (κ1) is 17.8. The van der Waals surface area contributed by atoms with Crippen LogP contribution in [0.1, 0.15) is 30.2 Å². The lowest BCUT2D eigenvalue weighted by molar-refractivity contribution is 0.0585. The topological polar surface area (TPSA) is 46.3 Å². The fourth-order valence-electron chi connectivity index (χ4n) is 2.86. The number of carbonyl (C=O) groups is 1. The molecule has 2 heterocycles. The number of halogens is 1. The molecule has 0 spiro atoms. The average molecular weight is 363 g/mol. The lowest BCUT2D eigenvalue weighted by atomic mass is 10.2. The Kier molecular flexibility index (Phi) is 5.29. The van der Waals surface area contributed by atoms with Gasteiger partial charge in [0.2, 0.25) is 0 Å². The lowest BCUT2D eigenvalue weighted by Gasteiger charge is -2.34. The standard InChI is InChI=1S/C17H22FN5OS/c1-13(2)22-11-19-23(17(22)25)12-20-7-9-21(10-8-20)16(24)14-3-5-15(18)6-4-14/h3-6,11,13H,7-10,12H2,1-2H3. The molecule has 1 fully saturated rings. The highest BCUT2D eigenvalue weighted by atomic mass is 32.1. The summed E-state index contributed by atoms with van der Waals surface area (Å²) >= 11 is 5.45. The van der Waals surface area contributed by atoms with Crippen LogP contribution in [0.4, 0.5) is 4.39 Å². The van der Waals surface area contributed by atoms with Crippen molar-refractivity contribution in [1.82, 2.24) is 24.1 Å². The van der Waals surface area contributed by atoms with Gasteiger partial charge in [0.15, 0.2) is 4.77 Å². The molecule has 1 aromatic heterocycles. The van der Waals surface area contributed by atoms with Gasteiger partial charge >= 0.3 is 0 Å². The molecular weight excluding hydrogens is 341 g/mol. The number of benzene rings is 1. The Bertz CT molecular complexity index is 790. The van der Waals surface area contributed by atoms with Crippen LogP contribution in [0.15, 0.2) is 30.6 Å². The largest absolute Gasteiger partial charge is 0.336 e. The van der Waals surface area contributed by atoms with Crippen LogP contribution < -0.4 is 0 Å². The summed E-state index contributed by atoms with van der Waals surface area (Å²) in [7, 11) is 0. The Morgan fingerprint density at radius 3 is 2.40 bits per heavy atom. The Morgan fingerprint density at radius 1 is 1.20 bits per heavy atom. The minimum absolute atomic E-state index is 0.0552. The van der Waals surface area contributed by atoms with Gasteiger partial charge in [0, 0.05) is 37.8 Å². The van der Waals surface area contributed by atoms with Gasteiger partial charge in [-0.05, 0) is 50.3 Å². The average Bonchev–Trinajstić information content (AvgIpc) is 2.96. The number of hydrogen-bond acceptors (Lipinski definition) is 4. The Labute approximate surface area is 151 Å². The molecule has 6 nitrogen and oxygen atoms in total. The third kappa shape index (κ3) is 3.96. The van der Waals surface area contributed by atoms with Gasteiger partial charge in [0.05, 0.1) is 6.67 Å². The molecule has 0 aliphatic carbocycles. The van der Waals surface area contributed by atoms with Crippen LogP contribution in [0, 0.1) is 10.6 Å². The first-order valence-electron chi connectivity index (χ1n) is 8.37. The summed E-state index contributed by atoms with van der Waals surface area (Å²) in [5.41, 5.74) is 0.521. The van der Waals surface area contributed by atoms with E-state index in [9.17, 15) is 9.18 Å². The van der Waals surface area contributed by atoms with Crippen molar-refractivity contribution in [3.8, 4) is 0 Å². The Balaban J connectivity index is 1.58. The fourth-order valence-corrected chi connectivity index (χ4v) is 3.22. The van der Waals surface area contributed by atoms with Gasteiger partial charge in [-0.15, -0.1) is 0 Å². The zero-order valence-electron chi connectivity index (χ0n) is 14.4. The summed E-state index contributed by atoms with van der Waals surface area (Å²) in [5, 5.41) is 4.36. The van der Waals surface area contributed by atoms with Crippen LogP contribution in [0.25, 0.3) is 0 Å². The second-order valence-electron chi connectivity index (χ2n) is 6.47. The first-order valence-corrected chi connectivity index (χ1v) is 8.77. The minimum Gasteiger partial charge on any atom is -0.336 e. The van der Waals surface area contributed by atoms with Crippen LogP contribution in [0.2, 0.25) is 0 Å². The highest BCUT2D eigenvalue weighted by Gasteiger charge is 2.22. The molecule has 0 unspecified atom stereocenters. The predicted molar refractivity (Wildman–Crippen MR) is 95.3 cm³/mol. The number of piperazine rings is 1. The number of carbonyl (C=O) groups excluding carboxylic acids is 1. The van der Waals surface area contributed by atoms with Crippen LogP contribution in [-0.4, -0.2) is 56.2 Å². The summed E-state index contributed by atoms with van der Waals surface area (Å²) < 4.78 is 17.5. The summed E-state index contributed by atoms with van der Waals surface area (Å²) in [6.07, 6.45) is 1.77. The number of aromatic nitrogens is 3. The van der Waals surface area contributed by atoms with E-state index in [-0.39, 0.29) is 17.8 Å². The van der Waals surface area contributed by atoms with Crippen LogP contribution in [0.3, 0.4) is 0 Å². The predicted octanol–water partition coefficient (Wildman–Crippen LogP) is 2.55. The zero-order valence-corrected chi connectivity index (χ0v) is 15.2. The molecule has 1 aliphatic rings. The van der Waals surface area contributed by atoms with Crippen molar-refractivity contribution < 1.29 is 9.18 Å². The smallest absolute Gasteiger partial charge is 0.253 e. The van der Waals surface area contributed by atoms with E-state index in [1.807, 2.05) is 9.25 Å². The second kappa shape index (κ2) is 7.45. The van der Waals surface area contributed by atoms with Gasteiger partial charge in [0.25, 0.3) is 5.91 Å². The van der Waals surface area contributed by atoms with Crippen molar-refractivity contribution >= 4 is 18.1 Å². The number of hydrogen-bond donors (Lipinski definition) is 0. The lowest BCUT2D eigenvalue weighted by Crippen LogP contribution is -2.49. The van der Waals surface area contributed by atoms with E-state index in [4.69, 9.17) is 12.2 Å². The molecule has 0 bridgehead atoms. The van der Waals surface area contributed by atoms with E-state index in [1.54, 1.807) is 11.2 Å². The van der Waals surface area contributed by atoms with Crippen LogP contribution in [-0.2, 0) is 6.67 Å². The quantitative estimate of drug-likeness (QED) is 0.784. The molecule has 8 heteroatoms. The normalized spacial score (nSPS) is 15.8. The molecule has 3 rings (SSSR count). The molecule has 0 N–H and O–H groups in total. The van der Waals surface area contributed by atoms with E-state index in [1.165, 1.54) is 24.3 Å². The maximum Gasteiger partial charge on any atom is 0.253 e. The Morgan fingerprint density at radius 2 is 1.84 bits per heavy atom. The van der Waals surface area contributed by atoms with Crippen molar-refractivity contribution in [3.63, 3.8) is 0 Å². The number of nitrogens with zero attached hydrogens (tertiary/aromatic N) is 5. The maximum atomic E-state index is 13.0. The van der Waals surface area contributed by atoms with Crippen molar-refractivity contribution in [3.05, 3.63) is 46.7 Å². The van der Waals surface area contributed by atoms with Crippen molar-refractivity contribution in [1.29, 1.82) is 0 Å². The zero-order chi connectivity index (χ0) is 18.0. The molecule has 1 aromatic carbocycles. The summed E-state index contributed by atoms with van der Waals surface area (Å²) in [4.78, 5) is 16.5. The number of amides is 1. The van der Waals surface area contributed by atoms with E-state index >= 15 is 0 Å². The van der Waals surface area contributed by atoms with Gasteiger partial charge in [-0.25, -0.2) is 9.07 Å². The molecule has 0 atom stereocenters. The maximum absolute atomic E-state index is 13.0. The van der Waals surface area contributed by atoms with E-state index < -0.39 is 0 Å². The molecule has 1 aliphatic heterocycles. The monoisotopic (exact) mass is 363 g/mol. The fraction of sp³-hybridized carbons (Fsp3) is 0.471. The summed E-state index contributed by atoms with van der Waals surface area (Å²) in [5.74, 6) is -0.390. The molecule has 1 amide bonds. The van der Waals surface area contributed by atoms with E-state index in [0.29, 0.717) is 30.1 Å². The van der Waals surface area contributed by atoms with Crippen molar-refractivity contribution in [2.75, 3.05) is 26.2 Å². The van der Waals surface area contributed by atoms with Crippen LogP contribution >= 0.6 is 12.2 Å². The molecule has 134 valence electrons. The van der Waals surface area contributed by atoms with Gasteiger partial charge in [-0.2, -0.15) is 5.10 Å². The molecule has 2 aromatic rings. The SMILES string of the molecule is CC(C)n1cnn(CN2CCN(C(=O)c3ccc(F)cc3)CC2)c1=S.